The monoisotopic (exact) mass is 335 g/mol. The van der Waals surface area contributed by atoms with Gasteiger partial charge in [0.05, 0.1) is 19.4 Å². The van der Waals surface area contributed by atoms with Crippen LogP contribution in [0.15, 0.2) is 36.4 Å². The van der Waals surface area contributed by atoms with Crippen LogP contribution in [-0.4, -0.2) is 19.6 Å². The largest absolute Gasteiger partial charge is 0.493 e. The molecule has 4 nitrogen and oxygen atoms in total. The van der Waals surface area contributed by atoms with Crippen molar-refractivity contribution in [3.05, 3.63) is 53.6 Å². The highest BCUT2D eigenvalue weighted by atomic mass is 19.1. The Labute approximate surface area is 139 Å². The van der Waals surface area contributed by atoms with E-state index in [1.807, 2.05) is 13.8 Å². The molecule has 0 unspecified atom stereocenters. The lowest BCUT2D eigenvalue weighted by molar-refractivity contribution is 0.102. The third-order valence-corrected chi connectivity index (χ3v) is 3.17. The molecule has 6 heteroatoms. The fourth-order valence-corrected chi connectivity index (χ4v) is 1.97. The smallest absolute Gasteiger partial charge is 0.255 e. The van der Waals surface area contributed by atoms with E-state index in [9.17, 15) is 13.6 Å². The van der Waals surface area contributed by atoms with Crippen molar-refractivity contribution in [2.45, 2.75) is 13.8 Å². The van der Waals surface area contributed by atoms with Gasteiger partial charge in [-0.3, -0.25) is 4.79 Å². The summed E-state index contributed by atoms with van der Waals surface area (Å²) in [5.41, 5.74) is 0.0199. The zero-order valence-corrected chi connectivity index (χ0v) is 13.7. The Bertz CT molecular complexity index is 732. The Morgan fingerprint density at radius 3 is 2.54 bits per heavy atom. The number of methoxy groups -OCH3 is 1. The van der Waals surface area contributed by atoms with Crippen LogP contribution in [0, 0.1) is 17.6 Å². The minimum atomic E-state index is -0.714. The van der Waals surface area contributed by atoms with Crippen molar-refractivity contribution >= 4 is 11.6 Å². The molecule has 0 fully saturated rings. The number of halogens is 2. The molecule has 2 aromatic carbocycles. The fraction of sp³-hybridized carbons (Fsp3) is 0.278. The first kappa shape index (κ1) is 17.7. The molecule has 0 saturated heterocycles. The summed E-state index contributed by atoms with van der Waals surface area (Å²) in [5, 5.41) is 2.34. The molecular formula is C18H19F2NO3. The number of hydrogen-bond acceptors (Lipinski definition) is 3. The summed E-state index contributed by atoms with van der Waals surface area (Å²) >= 11 is 0. The van der Waals surface area contributed by atoms with Gasteiger partial charge in [-0.2, -0.15) is 0 Å². The maximum Gasteiger partial charge on any atom is 0.255 e. The van der Waals surface area contributed by atoms with E-state index in [1.165, 1.54) is 19.2 Å². The summed E-state index contributed by atoms with van der Waals surface area (Å²) in [5.74, 6) is -0.681. The summed E-state index contributed by atoms with van der Waals surface area (Å²) in [6, 6.07) is 7.48. The maximum absolute atomic E-state index is 13.6. The van der Waals surface area contributed by atoms with Gasteiger partial charge in [0.25, 0.3) is 5.91 Å². The van der Waals surface area contributed by atoms with Gasteiger partial charge in [0.15, 0.2) is 11.5 Å². The van der Waals surface area contributed by atoms with Crippen LogP contribution in [0.4, 0.5) is 14.5 Å². The van der Waals surface area contributed by atoms with Crippen molar-refractivity contribution in [1.82, 2.24) is 0 Å². The van der Waals surface area contributed by atoms with Crippen LogP contribution in [-0.2, 0) is 0 Å². The highest BCUT2D eigenvalue weighted by Gasteiger charge is 2.14. The molecule has 0 aliphatic carbocycles. The average molecular weight is 335 g/mol. The van der Waals surface area contributed by atoms with Crippen LogP contribution in [0.2, 0.25) is 0 Å². The average Bonchev–Trinajstić information content (AvgIpc) is 2.56. The molecule has 0 radical (unpaired) electrons. The highest BCUT2D eigenvalue weighted by Crippen LogP contribution is 2.29. The Morgan fingerprint density at radius 2 is 1.88 bits per heavy atom. The second-order valence-electron chi connectivity index (χ2n) is 5.65. The van der Waals surface area contributed by atoms with E-state index in [0.717, 1.165) is 18.2 Å². The lowest BCUT2D eigenvalue weighted by Crippen LogP contribution is -2.13. The first-order valence-corrected chi connectivity index (χ1v) is 7.48. The molecule has 1 N–H and O–H groups in total. The maximum atomic E-state index is 13.6. The number of rotatable bonds is 6. The molecule has 0 aromatic heterocycles. The van der Waals surface area contributed by atoms with E-state index >= 15 is 0 Å². The molecule has 128 valence electrons. The van der Waals surface area contributed by atoms with Gasteiger partial charge in [0.1, 0.15) is 11.6 Å². The van der Waals surface area contributed by atoms with Gasteiger partial charge in [-0.1, -0.05) is 13.8 Å². The standard InChI is InChI=1S/C18H19F2NO3/c1-11(2)10-24-16-7-4-12(8-17(16)23-3)18(22)21-15-9-13(19)5-6-14(15)20/h4-9,11H,10H2,1-3H3,(H,21,22). The topological polar surface area (TPSA) is 47.6 Å². The summed E-state index contributed by atoms with van der Waals surface area (Å²) < 4.78 is 37.6. The van der Waals surface area contributed by atoms with Gasteiger partial charge in [-0.05, 0) is 36.2 Å². The molecule has 2 aromatic rings. The number of amides is 1. The third kappa shape index (κ3) is 4.44. The number of benzene rings is 2. The van der Waals surface area contributed by atoms with Crippen LogP contribution < -0.4 is 14.8 Å². The second kappa shape index (κ2) is 7.77. The normalized spacial score (nSPS) is 10.6. The molecular weight excluding hydrogens is 316 g/mol. The molecule has 0 saturated carbocycles. The lowest BCUT2D eigenvalue weighted by atomic mass is 10.1. The minimum Gasteiger partial charge on any atom is -0.493 e. The van der Waals surface area contributed by atoms with Crippen LogP contribution in [0.3, 0.4) is 0 Å². The first-order chi connectivity index (χ1) is 11.4. The number of anilines is 1. The summed E-state index contributed by atoms with van der Waals surface area (Å²) in [6.07, 6.45) is 0. The highest BCUT2D eigenvalue weighted by molar-refractivity contribution is 6.04. The summed E-state index contributed by atoms with van der Waals surface area (Å²) in [7, 11) is 1.46. The molecule has 0 aliphatic rings. The van der Waals surface area contributed by atoms with Gasteiger partial charge in [-0.25, -0.2) is 8.78 Å². The number of nitrogens with one attached hydrogen (secondary N) is 1. The molecule has 0 heterocycles. The van der Waals surface area contributed by atoms with Crippen molar-refractivity contribution in [3.63, 3.8) is 0 Å². The van der Waals surface area contributed by atoms with Gasteiger partial charge in [0, 0.05) is 11.6 Å². The Balaban J connectivity index is 2.19. The molecule has 2 rings (SSSR count). The minimum absolute atomic E-state index is 0.223. The van der Waals surface area contributed by atoms with Crippen molar-refractivity contribution in [2.75, 3.05) is 19.0 Å². The Kier molecular flexibility index (Phi) is 5.73. The second-order valence-corrected chi connectivity index (χ2v) is 5.65. The number of hydrogen-bond donors (Lipinski definition) is 1. The van der Waals surface area contributed by atoms with Gasteiger partial charge in [0.2, 0.25) is 0 Å². The van der Waals surface area contributed by atoms with Crippen LogP contribution in [0.25, 0.3) is 0 Å². The summed E-state index contributed by atoms with van der Waals surface area (Å²) in [6.45, 7) is 4.54. The SMILES string of the molecule is COc1cc(C(=O)Nc2cc(F)ccc2F)ccc1OCC(C)C. The predicted octanol–water partition coefficient (Wildman–Crippen LogP) is 4.26. The van der Waals surface area contributed by atoms with Crippen molar-refractivity contribution < 1.29 is 23.0 Å². The predicted molar refractivity (Wildman–Crippen MR) is 87.6 cm³/mol. The fourth-order valence-electron chi connectivity index (χ4n) is 1.97. The van der Waals surface area contributed by atoms with E-state index in [0.29, 0.717) is 24.0 Å². The molecule has 1 amide bonds. The quantitative estimate of drug-likeness (QED) is 0.858. The van der Waals surface area contributed by atoms with Crippen LogP contribution in [0.5, 0.6) is 11.5 Å². The zero-order valence-electron chi connectivity index (χ0n) is 13.7. The van der Waals surface area contributed by atoms with E-state index in [-0.39, 0.29) is 11.3 Å². The van der Waals surface area contributed by atoms with Crippen molar-refractivity contribution in [2.24, 2.45) is 5.92 Å². The Hall–Kier alpha value is -2.63. The van der Waals surface area contributed by atoms with Gasteiger partial charge in [-0.15, -0.1) is 0 Å². The van der Waals surface area contributed by atoms with E-state index in [2.05, 4.69) is 5.32 Å². The van der Waals surface area contributed by atoms with Crippen LogP contribution >= 0.6 is 0 Å². The lowest BCUT2D eigenvalue weighted by Gasteiger charge is -2.13. The van der Waals surface area contributed by atoms with Crippen molar-refractivity contribution in [3.8, 4) is 11.5 Å². The summed E-state index contributed by atoms with van der Waals surface area (Å²) in [4.78, 5) is 12.2. The third-order valence-electron chi connectivity index (χ3n) is 3.17. The van der Waals surface area contributed by atoms with Crippen LogP contribution in [0.1, 0.15) is 24.2 Å². The zero-order chi connectivity index (χ0) is 17.7. The number of carbonyl (C=O) groups excluding carboxylic acids is 1. The molecule has 0 spiro atoms. The number of ether oxygens (including phenoxy) is 2. The van der Waals surface area contributed by atoms with Crippen molar-refractivity contribution in [1.29, 1.82) is 0 Å². The molecule has 24 heavy (non-hydrogen) atoms. The van der Waals surface area contributed by atoms with Gasteiger partial charge < -0.3 is 14.8 Å². The molecule has 0 atom stereocenters. The van der Waals surface area contributed by atoms with E-state index in [1.54, 1.807) is 6.07 Å². The Morgan fingerprint density at radius 1 is 1.12 bits per heavy atom. The van der Waals surface area contributed by atoms with E-state index < -0.39 is 17.5 Å². The molecule has 0 bridgehead atoms. The molecule has 0 aliphatic heterocycles. The first-order valence-electron chi connectivity index (χ1n) is 7.48. The number of carbonyl (C=O) groups is 1. The van der Waals surface area contributed by atoms with E-state index in [4.69, 9.17) is 9.47 Å². The van der Waals surface area contributed by atoms with Gasteiger partial charge >= 0.3 is 0 Å².